The van der Waals surface area contributed by atoms with E-state index in [0.29, 0.717) is 59.6 Å². The van der Waals surface area contributed by atoms with Crippen molar-refractivity contribution in [3.05, 3.63) is 45.5 Å². The fourth-order valence-electron chi connectivity index (χ4n) is 4.11. The van der Waals surface area contributed by atoms with Crippen molar-refractivity contribution in [2.45, 2.75) is 38.4 Å². The lowest BCUT2D eigenvalue weighted by molar-refractivity contribution is -0.0681. The van der Waals surface area contributed by atoms with Gasteiger partial charge in [0.1, 0.15) is 45.0 Å². The molecule has 1 N–H and O–H groups in total. The second-order valence-corrected chi connectivity index (χ2v) is 10.3. The minimum atomic E-state index is -0.922. The van der Waals surface area contributed by atoms with Crippen LogP contribution in [0, 0.1) is 0 Å². The van der Waals surface area contributed by atoms with Crippen molar-refractivity contribution < 1.29 is 23.7 Å². The number of rotatable bonds is 7. The van der Waals surface area contributed by atoms with Crippen molar-refractivity contribution in [1.29, 1.82) is 0 Å². The largest absolute Gasteiger partial charge is 0.496 e. The number of fused-ring (bicyclic) bond motifs is 2. The van der Waals surface area contributed by atoms with Gasteiger partial charge in [0.25, 0.3) is 0 Å². The average Bonchev–Trinajstić information content (AvgIpc) is 3.65. The van der Waals surface area contributed by atoms with Gasteiger partial charge in [-0.3, -0.25) is 0 Å². The molecule has 0 unspecified atom stereocenters. The molecule has 35 heavy (non-hydrogen) atoms. The summed E-state index contributed by atoms with van der Waals surface area (Å²) in [6, 6.07) is 5.59. The van der Waals surface area contributed by atoms with Crippen LogP contribution in [0.4, 0.5) is 0 Å². The third-order valence-corrected chi connectivity index (χ3v) is 8.25. The van der Waals surface area contributed by atoms with Crippen LogP contribution in [0.1, 0.15) is 35.5 Å². The number of furan rings is 1. The maximum Gasteiger partial charge on any atom is 0.212 e. The molecule has 1 aromatic carbocycles. The number of benzene rings is 1. The molecular weight excluding hydrogens is 488 g/mol. The highest BCUT2D eigenvalue weighted by Gasteiger charge is 2.34. The molecule has 1 fully saturated rings. The first-order valence-electron chi connectivity index (χ1n) is 11.4. The first kappa shape index (κ1) is 22.5. The summed E-state index contributed by atoms with van der Waals surface area (Å²) in [7, 11) is 1.61. The second kappa shape index (κ2) is 8.90. The molecule has 0 saturated carbocycles. The molecule has 0 radical (unpaired) electrons. The lowest BCUT2D eigenvalue weighted by Gasteiger charge is -2.29. The van der Waals surface area contributed by atoms with Gasteiger partial charge in [-0.25, -0.2) is 14.5 Å². The number of nitrogens with zero attached hydrogens (tertiary/aromatic N) is 4. The number of thiazole rings is 1. The number of aryl methyl sites for hydroxylation is 1. The molecule has 182 valence electrons. The van der Waals surface area contributed by atoms with Crippen LogP contribution in [0.2, 0.25) is 0 Å². The number of aliphatic hydroxyl groups is 1. The summed E-state index contributed by atoms with van der Waals surface area (Å²) in [4.78, 5) is 10.2. The van der Waals surface area contributed by atoms with Crippen LogP contribution in [0.5, 0.6) is 11.5 Å². The molecule has 0 amide bonds. The predicted molar refractivity (Wildman–Crippen MR) is 132 cm³/mol. The van der Waals surface area contributed by atoms with Crippen molar-refractivity contribution >= 4 is 38.6 Å². The van der Waals surface area contributed by atoms with Crippen molar-refractivity contribution in [2.24, 2.45) is 0 Å². The van der Waals surface area contributed by atoms with Gasteiger partial charge in [-0.1, -0.05) is 18.3 Å². The molecule has 0 spiro atoms. The average molecular weight is 513 g/mol. The van der Waals surface area contributed by atoms with Crippen LogP contribution in [0.15, 0.2) is 34.2 Å². The van der Waals surface area contributed by atoms with E-state index in [0.717, 1.165) is 27.5 Å². The number of ether oxygens (including phenoxy) is 3. The Hall–Kier alpha value is -2.99. The zero-order valence-electron chi connectivity index (χ0n) is 19.3. The molecule has 11 heteroatoms. The summed E-state index contributed by atoms with van der Waals surface area (Å²) in [6.45, 7) is 3.41. The van der Waals surface area contributed by atoms with Gasteiger partial charge in [-0.15, -0.1) is 11.3 Å². The van der Waals surface area contributed by atoms with E-state index < -0.39 is 5.60 Å². The fraction of sp³-hybridized carbons (Fsp3) is 0.375. The van der Waals surface area contributed by atoms with Crippen molar-refractivity contribution in [3.63, 3.8) is 0 Å². The Morgan fingerprint density at radius 1 is 1.20 bits per heavy atom. The SMILES string of the molecule is CCc1nn2cc(-c3cc4c(OCc5csc(C6(O)CCOCC6)n5)cc(OC)cc4o3)nc2s1. The van der Waals surface area contributed by atoms with Crippen molar-refractivity contribution in [2.75, 3.05) is 20.3 Å². The highest BCUT2D eigenvalue weighted by molar-refractivity contribution is 7.16. The first-order valence-corrected chi connectivity index (χ1v) is 13.1. The number of methoxy groups -OCH3 is 1. The van der Waals surface area contributed by atoms with Crippen LogP contribution in [-0.4, -0.2) is 45.0 Å². The van der Waals surface area contributed by atoms with Gasteiger partial charge in [0.2, 0.25) is 4.96 Å². The van der Waals surface area contributed by atoms with E-state index >= 15 is 0 Å². The molecular formula is C24H24N4O5S2. The van der Waals surface area contributed by atoms with Gasteiger partial charge in [0.05, 0.1) is 24.4 Å². The molecule has 9 nitrogen and oxygen atoms in total. The first-order chi connectivity index (χ1) is 17.0. The summed E-state index contributed by atoms with van der Waals surface area (Å²) >= 11 is 3.02. The Labute approximate surface area is 208 Å². The second-order valence-electron chi connectivity index (χ2n) is 8.43. The topological polar surface area (TPSA) is 104 Å². The highest BCUT2D eigenvalue weighted by atomic mass is 32.1. The summed E-state index contributed by atoms with van der Waals surface area (Å²) in [5, 5.41) is 19.9. The standard InChI is InChI=1S/C24H24N4O5S2/c1-3-21-27-28-11-17(26-23(28)35-21)20-10-16-18(8-15(30-2)9-19(16)33-20)32-12-14-13-34-22(25-14)24(29)4-6-31-7-5-24/h8-11,13,29H,3-7,12H2,1-2H3. The van der Waals surface area contributed by atoms with Crippen LogP contribution >= 0.6 is 22.7 Å². The molecule has 0 atom stereocenters. The molecule has 4 aromatic heterocycles. The minimum absolute atomic E-state index is 0.260. The van der Waals surface area contributed by atoms with Gasteiger partial charge in [0.15, 0.2) is 5.76 Å². The lowest BCUT2D eigenvalue weighted by Crippen LogP contribution is -2.33. The van der Waals surface area contributed by atoms with Crippen molar-refractivity contribution in [1.82, 2.24) is 19.6 Å². The lowest BCUT2D eigenvalue weighted by atomic mass is 9.95. The van der Waals surface area contributed by atoms with E-state index in [1.165, 1.54) is 11.3 Å². The molecule has 1 aliphatic heterocycles. The summed E-state index contributed by atoms with van der Waals surface area (Å²) < 4.78 is 24.9. The third-order valence-electron chi connectivity index (χ3n) is 6.09. The maximum atomic E-state index is 10.9. The zero-order chi connectivity index (χ0) is 24.0. The maximum absolute atomic E-state index is 10.9. The summed E-state index contributed by atoms with van der Waals surface area (Å²) in [5.41, 5.74) is 1.19. The Morgan fingerprint density at radius 3 is 2.83 bits per heavy atom. The monoisotopic (exact) mass is 512 g/mol. The van der Waals surface area contributed by atoms with Gasteiger partial charge in [0, 0.05) is 43.6 Å². The van der Waals surface area contributed by atoms with Gasteiger partial charge in [-0.2, -0.15) is 5.10 Å². The molecule has 0 aliphatic carbocycles. The Morgan fingerprint density at radius 2 is 2.06 bits per heavy atom. The van der Waals surface area contributed by atoms with E-state index in [1.807, 2.05) is 29.8 Å². The van der Waals surface area contributed by atoms with Crippen LogP contribution < -0.4 is 9.47 Å². The fourth-order valence-corrected chi connectivity index (χ4v) is 5.89. The van der Waals surface area contributed by atoms with Gasteiger partial charge in [-0.05, 0) is 12.5 Å². The molecule has 5 heterocycles. The molecule has 1 aliphatic rings. The molecule has 6 rings (SSSR count). The van der Waals surface area contributed by atoms with Crippen molar-refractivity contribution in [3.8, 4) is 23.0 Å². The zero-order valence-corrected chi connectivity index (χ0v) is 20.9. The van der Waals surface area contributed by atoms with Crippen LogP contribution in [0.3, 0.4) is 0 Å². The molecule has 5 aromatic rings. The predicted octanol–water partition coefficient (Wildman–Crippen LogP) is 4.81. The number of imidazole rings is 1. The third kappa shape index (κ3) is 4.18. The van der Waals surface area contributed by atoms with Crippen LogP contribution in [-0.2, 0) is 23.4 Å². The Bertz CT molecular complexity index is 1460. The Balaban J connectivity index is 1.27. The summed E-state index contributed by atoms with van der Waals surface area (Å²) in [5.74, 6) is 1.89. The Kier molecular flexibility index (Phi) is 5.72. The highest BCUT2D eigenvalue weighted by Crippen LogP contribution is 2.38. The molecule has 0 bridgehead atoms. The van der Waals surface area contributed by atoms with E-state index in [2.05, 4.69) is 22.0 Å². The quantitative estimate of drug-likeness (QED) is 0.331. The van der Waals surface area contributed by atoms with E-state index in [-0.39, 0.29) is 6.61 Å². The number of aromatic nitrogens is 4. The number of hydrogen-bond acceptors (Lipinski definition) is 10. The number of hydrogen-bond donors (Lipinski definition) is 1. The van der Waals surface area contributed by atoms with Gasteiger partial charge < -0.3 is 23.7 Å². The van der Waals surface area contributed by atoms with Crippen LogP contribution in [0.25, 0.3) is 27.4 Å². The molecule has 1 saturated heterocycles. The van der Waals surface area contributed by atoms with Gasteiger partial charge >= 0.3 is 0 Å². The smallest absolute Gasteiger partial charge is 0.212 e. The van der Waals surface area contributed by atoms with E-state index in [1.54, 1.807) is 23.0 Å². The summed E-state index contributed by atoms with van der Waals surface area (Å²) in [6.07, 6.45) is 3.85. The van der Waals surface area contributed by atoms with E-state index in [4.69, 9.17) is 18.6 Å². The minimum Gasteiger partial charge on any atom is -0.496 e. The van der Waals surface area contributed by atoms with E-state index in [9.17, 15) is 5.11 Å². The normalized spacial score (nSPS) is 15.7.